The zero-order chi connectivity index (χ0) is 13.8. The van der Waals surface area contributed by atoms with Crippen LogP contribution in [0, 0.1) is 11.3 Å². The predicted molar refractivity (Wildman–Crippen MR) is 63.6 cm³/mol. The third-order valence-electron chi connectivity index (χ3n) is 2.49. The molecule has 0 spiro atoms. The predicted octanol–water partition coefficient (Wildman–Crippen LogP) is 0.141. The van der Waals surface area contributed by atoms with Crippen LogP contribution in [0.3, 0.4) is 0 Å². The van der Waals surface area contributed by atoms with Crippen LogP contribution in [0.1, 0.15) is 20.8 Å². The second kappa shape index (κ2) is 5.61. The molecule has 100 valence electrons. The van der Waals surface area contributed by atoms with Crippen molar-refractivity contribution in [2.75, 3.05) is 6.54 Å². The SMILES string of the molecule is CC(C)(C)C(C(=O)O)C(=O)NCCn1ccnn1. The molecular formula is C11H18N4O3. The van der Waals surface area contributed by atoms with Gasteiger partial charge in [0.15, 0.2) is 0 Å². The van der Waals surface area contributed by atoms with Gasteiger partial charge in [-0.15, -0.1) is 5.10 Å². The van der Waals surface area contributed by atoms with Gasteiger partial charge in [-0.2, -0.15) is 0 Å². The molecule has 0 fully saturated rings. The second-order valence-corrected chi connectivity index (χ2v) is 5.09. The lowest BCUT2D eigenvalue weighted by molar-refractivity contribution is -0.151. The van der Waals surface area contributed by atoms with E-state index in [2.05, 4.69) is 15.6 Å². The third kappa shape index (κ3) is 3.83. The number of carbonyl (C=O) groups is 2. The number of hydrogen-bond acceptors (Lipinski definition) is 4. The molecule has 0 aliphatic carbocycles. The van der Waals surface area contributed by atoms with Crippen molar-refractivity contribution in [2.24, 2.45) is 11.3 Å². The van der Waals surface area contributed by atoms with Crippen LogP contribution < -0.4 is 5.32 Å². The molecule has 7 nitrogen and oxygen atoms in total. The normalized spacial score (nSPS) is 13.1. The molecule has 7 heteroatoms. The summed E-state index contributed by atoms with van der Waals surface area (Å²) in [6, 6.07) is 0. The molecule has 1 aromatic rings. The van der Waals surface area contributed by atoms with Crippen molar-refractivity contribution in [3.63, 3.8) is 0 Å². The minimum Gasteiger partial charge on any atom is -0.481 e. The molecule has 1 rings (SSSR count). The molecule has 0 aromatic carbocycles. The van der Waals surface area contributed by atoms with Gasteiger partial charge < -0.3 is 10.4 Å². The molecule has 1 heterocycles. The number of amides is 1. The maximum absolute atomic E-state index is 11.8. The van der Waals surface area contributed by atoms with E-state index in [1.165, 1.54) is 6.20 Å². The summed E-state index contributed by atoms with van der Waals surface area (Å²) in [7, 11) is 0. The fourth-order valence-corrected chi connectivity index (χ4v) is 1.62. The van der Waals surface area contributed by atoms with Gasteiger partial charge in [0, 0.05) is 12.7 Å². The third-order valence-corrected chi connectivity index (χ3v) is 2.49. The fraction of sp³-hybridized carbons (Fsp3) is 0.636. The van der Waals surface area contributed by atoms with Gasteiger partial charge in [-0.25, -0.2) is 0 Å². The van der Waals surface area contributed by atoms with Crippen molar-refractivity contribution in [3.05, 3.63) is 12.4 Å². The van der Waals surface area contributed by atoms with Crippen molar-refractivity contribution < 1.29 is 14.7 Å². The molecule has 1 unspecified atom stereocenters. The van der Waals surface area contributed by atoms with E-state index >= 15 is 0 Å². The van der Waals surface area contributed by atoms with E-state index in [9.17, 15) is 9.59 Å². The topological polar surface area (TPSA) is 97.1 Å². The number of carboxylic acids is 1. The van der Waals surface area contributed by atoms with E-state index < -0.39 is 23.2 Å². The molecule has 18 heavy (non-hydrogen) atoms. The van der Waals surface area contributed by atoms with Crippen LogP contribution in [0.2, 0.25) is 0 Å². The summed E-state index contributed by atoms with van der Waals surface area (Å²) in [5.74, 6) is -2.65. The number of aromatic nitrogens is 3. The highest BCUT2D eigenvalue weighted by atomic mass is 16.4. The van der Waals surface area contributed by atoms with Gasteiger partial charge >= 0.3 is 5.97 Å². The highest BCUT2D eigenvalue weighted by Gasteiger charge is 2.37. The number of hydrogen-bond donors (Lipinski definition) is 2. The van der Waals surface area contributed by atoms with E-state index in [4.69, 9.17) is 5.11 Å². The van der Waals surface area contributed by atoms with Crippen LogP contribution in [0.5, 0.6) is 0 Å². The first-order chi connectivity index (χ1) is 8.32. The van der Waals surface area contributed by atoms with E-state index in [-0.39, 0.29) is 0 Å². The first kappa shape index (κ1) is 14.1. The Morgan fingerprint density at radius 3 is 2.56 bits per heavy atom. The molecule has 0 bridgehead atoms. The van der Waals surface area contributed by atoms with E-state index in [1.807, 2.05) is 0 Å². The van der Waals surface area contributed by atoms with Crippen molar-refractivity contribution in [2.45, 2.75) is 27.3 Å². The van der Waals surface area contributed by atoms with Gasteiger partial charge in [0.05, 0.1) is 12.7 Å². The maximum atomic E-state index is 11.8. The Hall–Kier alpha value is -1.92. The number of aliphatic carboxylic acids is 1. The van der Waals surface area contributed by atoms with Gasteiger partial charge in [-0.1, -0.05) is 26.0 Å². The minimum atomic E-state index is -1.11. The molecule has 0 aliphatic rings. The van der Waals surface area contributed by atoms with Crippen LogP contribution in [0.25, 0.3) is 0 Å². The molecule has 2 N–H and O–H groups in total. The average molecular weight is 254 g/mol. The number of carbonyl (C=O) groups excluding carboxylic acids is 1. The van der Waals surface area contributed by atoms with E-state index in [1.54, 1.807) is 31.6 Å². The van der Waals surface area contributed by atoms with Gasteiger partial charge in [0.25, 0.3) is 0 Å². The Morgan fingerprint density at radius 1 is 1.44 bits per heavy atom. The Bertz CT molecular complexity index is 408. The van der Waals surface area contributed by atoms with Crippen LogP contribution in [-0.4, -0.2) is 38.5 Å². The van der Waals surface area contributed by atoms with Crippen molar-refractivity contribution in [1.29, 1.82) is 0 Å². The zero-order valence-electron chi connectivity index (χ0n) is 10.8. The van der Waals surface area contributed by atoms with Crippen molar-refractivity contribution in [1.82, 2.24) is 20.3 Å². The van der Waals surface area contributed by atoms with Crippen molar-refractivity contribution >= 4 is 11.9 Å². The van der Waals surface area contributed by atoms with E-state index in [0.717, 1.165) is 0 Å². The number of nitrogens with zero attached hydrogens (tertiary/aromatic N) is 3. The quantitative estimate of drug-likeness (QED) is 0.728. The molecular weight excluding hydrogens is 236 g/mol. The van der Waals surface area contributed by atoms with Gasteiger partial charge in [-0.05, 0) is 5.41 Å². The molecule has 0 saturated heterocycles. The fourth-order valence-electron chi connectivity index (χ4n) is 1.62. The monoisotopic (exact) mass is 254 g/mol. The van der Waals surface area contributed by atoms with Gasteiger partial charge in [0.2, 0.25) is 5.91 Å². The first-order valence-electron chi connectivity index (χ1n) is 5.67. The average Bonchev–Trinajstić information content (AvgIpc) is 2.67. The highest BCUT2D eigenvalue weighted by molar-refractivity contribution is 5.97. The van der Waals surface area contributed by atoms with Crippen molar-refractivity contribution in [3.8, 4) is 0 Å². The lowest BCUT2D eigenvalue weighted by Gasteiger charge is -2.25. The highest BCUT2D eigenvalue weighted by Crippen LogP contribution is 2.26. The minimum absolute atomic E-state index is 0.321. The molecule has 1 atom stereocenters. The Labute approximate surface area is 105 Å². The first-order valence-corrected chi connectivity index (χ1v) is 5.67. The lowest BCUT2D eigenvalue weighted by Crippen LogP contribution is -2.43. The van der Waals surface area contributed by atoms with Gasteiger partial charge in [0.1, 0.15) is 5.92 Å². The van der Waals surface area contributed by atoms with E-state index in [0.29, 0.717) is 13.1 Å². The lowest BCUT2D eigenvalue weighted by atomic mass is 9.80. The summed E-state index contributed by atoms with van der Waals surface area (Å²) in [5.41, 5.74) is -0.622. The summed E-state index contributed by atoms with van der Waals surface area (Å²) in [6.45, 7) is 5.96. The zero-order valence-corrected chi connectivity index (χ0v) is 10.8. The van der Waals surface area contributed by atoms with Crippen LogP contribution in [-0.2, 0) is 16.1 Å². The van der Waals surface area contributed by atoms with Gasteiger partial charge in [-0.3, -0.25) is 14.3 Å². The summed E-state index contributed by atoms with van der Waals surface area (Å²) in [4.78, 5) is 22.9. The standard InChI is InChI=1S/C11H18N4O3/c1-11(2,3)8(10(17)18)9(16)12-4-6-15-7-5-13-14-15/h5,7-8H,4,6H2,1-3H3,(H,12,16)(H,17,18). The Morgan fingerprint density at radius 2 is 2.11 bits per heavy atom. The number of nitrogens with one attached hydrogen (secondary N) is 1. The number of carboxylic acid groups (broad SMARTS) is 1. The smallest absolute Gasteiger partial charge is 0.316 e. The summed E-state index contributed by atoms with van der Waals surface area (Å²) in [6.07, 6.45) is 3.21. The second-order valence-electron chi connectivity index (χ2n) is 5.09. The molecule has 0 aliphatic heterocycles. The molecule has 1 aromatic heterocycles. The van der Waals surface area contributed by atoms with Crippen LogP contribution in [0.4, 0.5) is 0 Å². The van der Waals surface area contributed by atoms with Crippen LogP contribution >= 0.6 is 0 Å². The summed E-state index contributed by atoms with van der Waals surface area (Å²) in [5, 5.41) is 19.0. The summed E-state index contributed by atoms with van der Waals surface area (Å²) < 4.78 is 1.56. The van der Waals surface area contributed by atoms with Crippen LogP contribution in [0.15, 0.2) is 12.4 Å². The molecule has 0 saturated carbocycles. The maximum Gasteiger partial charge on any atom is 0.316 e. The summed E-state index contributed by atoms with van der Waals surface area (Å²) >= 11 is 0. The Kier molecular flexibility index (Phi) is 4.41. The number of rotatable bonds is 5. The Balaban J connectivity index is 2.50. The molecule has 1 amide bonds. The molecule has 0 radical (unpaired) electrons. The largest absolute Gasteiger partial charge is 0.481 e.